The Morgan fingerprint density at radius 2 is 2.40 bits per heavy atom. The van der Waals surface area contributed by atoms with Crippen LogP contribution in [0.1, 0.15) is 35.6 Å². The molecular formula is C16H20N2O2. The van der Waals surface area contributed by atoms with E-state index in [1.165, 1.54) is 30.4 Å². The Morgan fingerprint density at radius 3 is 3.20 bits per heavy atom. The van der Waals surface area contributed by atoms with Gasteiger partial charge in [0.15, 0.2) is 6.39 Å². The SMILES string of the molecule is COc1ccc2c(c1)CCCC2CNCc1cocn1. The van der Waals surface area contributed by atoms with Crippen LogP contribution in [-0.2, 0) is 13.0 Å². The lowest BCUT2D eigenvalue weighted by Crippen LogP contribution is -2.24. The van der Waals surface area contributed by atoms with Crippen LogP contribution >= 0.6 is 0 Å². The number of nitrogens with one attached hydrogen (secondary N) is 1. The molecule has 1 aliphatic carbocycles. The summed E-state index contributed by atoms with van der Waals surface area (Å²) >= 11 is 0. The van der Waals surface area contributed by atoms with E-state index >= 15 is 0 Å². The van der Waals surface area contributed by atoms with Gasteiger partial charge in [-0.25, -0.2) is 4.98 Å². The van der Waals surface area contributed by atoms with Gasteiger partial charge in [-0.3, -0.25) is 0 Å². The minimum absolute atomic E-state index is 0.580. The summed E-state index contributed by atoms with van der Waals surface area (Å²) < 4.78 is 10.3. The van der Waals surface area contributed by atoms with Crippen molar-refractivity contribution < 1.29 is 9.15 Å². The van der Waals surface area contributed by atoms with E-state index in [-0.39, 0.29) is 0 Å². The number of hydrogen-bond donors (Lipinski definition) is 1. The van der Waals surface area contributed by atoms with Gasteiger partial charge in [0.25, 0.3) is 0 Å². The molecule has 0 spiro atoms. The van der Waals surface area contributed by atoms with Gasteiger partial charge in [-0.2, -0.15) is 0 Å². The van der Waals surface area contributed by atoms with E-state index in [0.717, 1.165) is 31.0 Å². The second kappa shape index (κ2) is 6.09. The van der Waals surface area contributed by atoms with Crippen LogP contribution in [0.5, 0.6) is 5.75 Å². The molecule has 1 aromatic carbocycles. The third-order valence-electron chi connectivity index (χ3n) is 3.97. The summed E-state index contributed by atoms with van der Waals surface area (Å²) in [4.78, 5) is 4.12. The molecule has 106 valence electrons. The molecule has 0 saturated carbocycles. The number of rotatable bonds is 5. The van der Waals surface area contributed by atoms with Crippen molar-refractivity contribution in [2.24, 2.45) is 0 Å². The molecule has 0 bridgehead atoms. The first kappa shape index (κ1) is 13.2. The minimum Gasteiger partial charge on any atom is -0.497 e. The molecule has 3 rings (SSSR count). The maximum atomic E-state index is 5.31. The number of aryl methyl sites for hydroxylation is 1. The largest absolute Gasteiger partial charge is 0.497 e. The molecule has 4 nitrogen and oxygen atoms in total. The molecule has 0 amide bonds. The van der Waals surface area contributed by atoms with Crippen molar-refractivity contribution >= 4 is 0 Å². The van der Waals surface area contributed by atoms with Crippen molar-refractivity contribution in [1.29, 1.82) is 0 Å². The number of aromatic nitrogens is 1. The number of oxazole rings is 1. The Kier molecular flexibility index (Phi) is 4.02. The van der Waals surface area contributed by atoms with Crippen LogP contribution in [0.4, 0.5) is 0 Å². The second-order valence-electron chi connectivity index (χ2n) is 5.26. The van der Waals surface area contributed by atoms with Crippen LogP contribution < -0.4 is 10.1 Å². The monoisotopic (exact) mass is 272 g/mol. The average Bonchev–Trinajstić information content (AvgIpc) is 3.00. The second-order valence-corrected chi connectivity index (χ2v) is 5.26. The minimum atomic E-state index is 0.580. The van der Waals surface area contributed by atoms with E-state index in [4.69, 9.17) is 9.15 Å². The lowest BCUT2D eigenvalue weighted by atomic mass is 9.82. The maximum absolute atomic E-state index is 5.31. The molecule has 1 aliphatic rings. The number of hydrogen-bond acceptors (Lipinski definition) is 4. The molecule has 1 N–H and O–H groups in total. The zero-order valence-electron chi connectivity index (χ0n) is 11.8. The molecule has 4 heteroatoms. The Morgan fingerprint density at radius 1 is 1.45 bits per heavy atom. The van der Waals surface area contributed by atoms with Crippen molar-refractivity contribution in [3.05, 3.63) is 47.7 Å². The molecule has 0 aliphatic heterocycles. The Bertz CT molecular complexity index is 552. The molecule has 1 heterocycles. The van der Waals surface area contributed by atoms with Crippen molar-refractivity contribution in [3.63, 3.8) is 0 Å². The predicted octanol–water partition coefficient (Wildman–Crippen LogP) is 2.89. The summed E-state index contributed by atoms with van der Waals surface area (Å²) in [5.74, 6) is 1.54. The number of ether oxygens (including phenoxy) is 1. The molecule has 0 fully saturated rings. The van der Waals surface area contributed by atoms with Crippen LogP contribution in [-0.4, -0.2) is 18.6 Å². The summed E-state index contributed by atoms with van der Waals surface area (Å²) in [6.07, 6.45) is 6.81. The van der Waals surface area contributed by atoms with Gasteiger partial charge in [-0.05, 0) is 48.4 Å². The van der Waals surface area contributed by atoms with Crippen molar-refractivity contribution in [2.75, 3.05) is 13.7 Å². The van der Waals surface area contributed by atoms with Crippen LogP contribution in [0.15, 0.2) is 35.3 Å². The molecule has 0 saturated heterocycles. The highest BCUT2D eigenvalue weighted by Gasteiger charge is 2.20. The molecular weight excluding hydrogens is 252 g/mol. The molecule has 2 aromatic rings. The number of nitrogens with zero attached hydrogens (tertiary/aromatic N) is 1. The summed E-state index contributed by atoms with van der Waals surface area (Å²) in [6.45, 7) is 1.74. The van der Waals surface area contributed by atoms with Crippen molar-refractivity contribution in [2.45, 2.75) is 31.7 Å². The zero-order chi connectivity index (χ0) is 13.8. The summed E-state index contributed by atoms with van der Waals surface area (Å²) in [5, 5.41) is 3.47. The van der Waals surface area contributed by atoms with Gasteiger partial charge in [0, 0.05) is 13.1 Å². The van der Waals surface area contributed by atoms with Crippen LogP contribution in [0.25, 0.3) is 0 Å². The van der Waals surface area contributed by atoms with Gasteiger partial charge in [0.1, 0.15) is 12.0 Å². The highest BCUT2D eigenvalue weighted by atomic mass is 16.5. The van der Waals surface area contributed by atoms with Gasteiger partial charge >= 0.3 is 0 Å². The van der Waals surface area contributed by atoms with E-state index in [2.05, 4.69) is 28.5 Å². The smallest absolute Gasteiger partial charge is 0.180 e. The fourth-order valence-corrected chi connectivity index (χ4v) is 2.93. The zero-order valence-corrected chi connectivity index (χ0v) is 11.8. The molecule has 1 aromatic heterocycles. The van der Waals surface area contributed by atoms with Gasteiger partial charge < -0.3 is 14.5 Å². The van der Waals surface area contributed by atoms with Gasteiger partial charge in [0.05, 0.1) is 12.8 Å². The third-order valence-corrected chi connectivity index (χ3v) is 3.97. The highest BCUT2D eigenvalue weighted by molar-refractivity contribution is 5.39. The first-order valence-electron chi connectivity index (χ1n) is 7.11. The van der Waals surface area contributed by atoms with E-state index in [1.807, 2.05) is 0 Å². The summed E-state index contributed by atoms with van der Waals surface area (Å²) in [6, 6.07) is 6.46. The third kappa shape index (κ3) is 2.85. The number of fused-ring (bicyclic) bond motifs is 1. The lowest BCUT2D eigenvalue weighted by molar-refractivity contribution is 0.412. The quantitative estimate of drug-likeness (QED) is 0.909. The summed E-state index contributed by atoms with van der Waals surface area (Å²) in [5.41, 5.74) is 3.85. The lowest BCUT2D eigenvalue weighted by Gasteiger charge is -2.26. The van der Waals surface area contributed by atoms with Gasteiger partial charge in [0.2, 0.25) is 0 Å². The Hall–Kier alpha value is -1.81. The first-order valence-corrected chi connectivity index (χ1v) is 7.11. The summed E-state index contributed by atoms with van der Waals surface area (Å²) in [7, 11) is 1.72. The average molecular weight is 272 g/mol. The van der Waals surface area contributed by atoms with Crippen LogP contribution in [0, 0.1) is 0 Å². The van der Waals surface area contributed by atoms with E-state index < -0.39 is 0 Å². The Labute approximate surface area is 119 Å². The molecule has 0 radical (unpaired) electrons. The van der Waals surface area contributed by atoms with Crippen molar-refractivity contribution in [3.8, 4) is 5.75 Å². The van der Waals surface area contributed by atoms with Crippen molar-refractivity contribution in [1.82, 2.24) is 10.3 Å². The fourth-order valence-electron chi connectivity index (χ4n) is 2.93. The number of methoxy groups -OCH3 is 1. The molecule has 1 unspecified atom stereocenters. The van der Waals surface area contributed by atoms with E-state index in [9.17, 15) is 0 Å². The van der Waals surface area contributed by atoms with Crippen LogP contribution in [0.3, 0.4) is 0 Å². The number of benzene rings is 1. The maximum Gasteiger partial charge on any atom is 0.180 e. The highest BCUT2D eigenvalue weighted by Crippen LogP contribution is 2.33. The molecule has 20 heavy (non-hydrogen) atoms. The normalized spacial score (nSPS) is 17.8. The van der Waals surface area contributed by atoms with E-state index in [1.54, 1.807) is 13.4 Å². The Balaban J connectivity index is 1.64. The first-order chi connectivity index (χ1) is 9.86. The van der Waals surface area contributed by atoms with Gasteiger partial charge in [-0.15, -0.1) is 0 Å². The fraction of sp³-hybridized carbons (Fsp3) is 0.438. The van der Waals surface area contributed by atoms with E-state index in [0.29, 0.717) is 5.92 Å². The topological polar surface area (TPSA) is 47.3 Å². The predicted molar refractivity (Wildman–Crippen MR) is 76.9 cm³/mol. The van der Waals surface area contributed by atoms with Gasteiger partial charge in [-0.1, -0.05) is 6.07 Å². The molecule has 1 atom stereocenters. The van der Waals surface area contributed by atoms with Crippen LogP contribution in [0.2, 0.25) is 0 Å². The standard InChI is InChI=1S/C16H20N2O2/c1-19-15-5-6-16-12(7-15)3-2-4-13(16)8-17-9-14-10-20-11-18-14/h5-7,10-11,13,17H,2-4,8-9H2,1H3.